The summed E-state index contributed by atoms with van der Waals surface area (Å²) in [5.41, 5.74) is 1.39. The molecular weight excluding hydrogens is 343 g/mol. The van der Waals surface area contributed by atoms with Crippen LogP contribution in [0.3, 0.4) is 0 Å². The Morgan fingerprint density at radius 1 is 1.20 bits per heavy atom. The molecule has 1 aliphatic rings. The molecule has 0 saturated carbocycles. The van der Waals surface area contributed by atoms with Crippen molar-refractivity contribution in [2.24, 2.45) is 0 Å². The van der Waals surface area contributed by atoms with Gasteiger partial charge in [0.1, 0.15) is 11.9 Å². The van der Waals surface area contributed by atoms with Crippen LogP contribution in [0.4, 0.5) is 4.39 Å². The van der Waals surface area contributed by atoms with E-state index in [1.807, 2.05) is 0 Å². The van der Waals surface area contributed by atoms with E-state index in [2.05, 4.69) is 0 Å². The predicted octanol–water partition coefficient (Wildman–Crippen LogP) is 3.45. The van der Waals surface area contributed by atoms with Gasteiger partial charge in [-0.2, -0.15) is 0 Å². The predicted molar refractivity (Wildman–Crippen MR) is 95.0 cm³/mol. The molecule has 0 spiro atoms. The van der Waals surface area contributed by atoms with E-state index < -0.39 is 11.9 Å². The molecule has 1 aliphatic heterocycles. The van der Waals surface area contributed by atoms with E-state index in [-0.39, 0.29) is 11.8 Å². The van der Waals surface area contributed by atoms with Crippen LogP contribution in [0.15, 0.2) is 42.5 Å². The molecular formula is C19H18ClFN2O2. The van der Waals surface area contributed by atoms with Gasteiger partial charge in [-0.1, -0.05) is 23.7 Å². The Labute approximate surface area is 150 Å². The monoisotopic (exact) mass is 360 g/mol. The van der Waals surface area contributed by atoms with Gasteiger partial charge in [0.25, 0.3) is 5.91 Å². The number of nitrogens with zero attached hydrogens (tertiary/aromatic N) is 2. The number of carbonyl (C=O) groups excluding carboxylic acids is 2. The zero-order valence-corrected chi connectivity index (χ0v) is 14.8. The van der Waals surface area contributed by atoms with Gasteiger partial charge in [-0.3, -0.25) is 9.59 Å². The number of hydrogen-bond donors (Lipinski definition) is 0. The fourth-order valence-electron chi connectivity index (χ4n) is 3.00. The van der Waals surface area contributed by atoms with E-state index >= 15 is 0 Å². The third-order valence-electron chi connectivity index (χ3n) is 4.49. The van der Waals surface area contributed by atoms with Gasteiger partial charge < -0.3 is 9.80 Å². The van der Waals surface area contributed by atoms with Gasteiger partial charge in [-0.15, -0.1) is 0 Å². The number of likely N-dealkylation sites (N-methyl/N-ethyl adjacent to an activating group) is 1. The van der Waals surface area contributed by atoms with Crippen LogP contribution in [0.25, 0.3) is 11.1 Å². The Hall–Kier alpha value is -2.40. The SMILES string of the molecule is C[C@H]1C(=O)N(C)CCN1C(=O)c1cccc(-c2ccc(Cl)cc2F)c1. The summed E-state index contributed by atoms with van der Waals surface area (Å²) in [5.74, 6) is -0.759. The molecule has 0 radical (unpaired) electrons. The fraction of sp³-hybridized carbons (Fsp3) is 0.263. The van der Waals surface area contributed by atoms with E-state index in [4.69, 9.17) is 11.6 Å². The minimum Gasteiger partial charge on any atom is -0.342 e. The molecule has 0 N–H and O–H groups in total. The molecule has 1 atom stereocenters. The van der Waals surface area contributed by atoms with Gasteiger partial charge in [0.2, 0.25) is 5.91 Å². The molecule has 0 aromatic heterocycles. The van der Waals surface area contributed by atoms with Crippen LogP contribution < -0.4 is 0 Å². The topological polar surface area (TPSA) is 40.6 Å². The number of rotatable bonds is 2. The molecule has 1 saturated heterocycles. The van der Waals surface area contributed by atoms with Gasteiger partial charge in [0, 0.05) is 36.3 Å². The van der Waals surface area contributed by atoms with Crippen molar-refractivity contribution in [3.05, 3.63) is 58.9 Å². The van der Waals surface area contributed by atoms with E-state index in [1.54, 1.807) is 60.2 Å². The number of benzene rings is 2. The molecule has 0 aliphatic carbocycles. The van der Waals surface area contributed by atoms with Crippen molar-refractivity contribution in [3.8, 4) is 11.1 Å². The largest absolute Gasteiger partial charge is 0.342 e. The summed E-state index contributed by atoms with van der Waals surface area (Å²) in [6, 6.07) is 10.7. The minimum atomic E-state index is -0.512. The second-order valence-corrected chi connectivity index (χ2v) is 6.58. The summed E-state index contributed by atoms with van der Waals surface area (Å²) in [6.45, 7) is 2.70. The standard InChI is InChI=1S/C19H18ClFN2O2/c1-12-18(24)22(2)8-9-23(12)19(25)14-5-3-4-13(10-14)16-7-6-15(20)11-17(16)21/h3-7,10-12H,8-9H2,1-2H3/t12-/m0/s1. The average molecular weight is 361 g/mol. The molecule has 2 aromatic rings. The first kappa shape index (κ1) is 17.4. The second kappa shape index (κ2) is 6.84. The highest BCUT2D eigenvalue weighted by molar-refractivity contribution is 6.30. The van der Waals surface area contributed by atoms with Gasteiger partial charge in [0.15, 0.2) is 0 Å². The van der Waals surface area contributed by atoms with Gasteiger partial charge in [0.05, 0.1) is 0 Å². The zero-order chi connectivity index (χ0) is 18.1. The molecule has 4 nitrogen and oxygen atoms in total. The van der Waals surface area contributed by atoms with Gasteiger partial charge in [-0.25, -0.2) is 4.39 Å². The summed E-state index contributed by atoms with van der Waals surface area (Å²) >= 11 is 5.79. The molecule has 0 unspecified atom stereocenters. The summed E-state index contributed by atoms with van der Waals surface area (Å²) in [7, 11) is 1.73. The highest BCUT2D eigenvalue weighted by Gasteiger charge is 2.33. The first-order valence-corrected chi connectivity index (χ1v) is 8.37. The first-order chi connectivity index (χ1) is 11.9. The Morgan fingerprint density at radius 3 is 2.68 bits per heavy atom. The van der Waals surface area contributed by atoms with Gasteiger partial charge in [-0.05, 0) is 42.8 Å². The van der Waals surface area contributed by atoms with Crippen molar-refractivity contribution >= 4 is 23.4 Å². The average Bonchev–Trinajstić information content (AvgIpc) is 2.59. The fourth-order valence-corrected chi connectivity index (χ4v) is 3.16. The molecule has 2 aromatic carbocycles. The normalized spacial score (nSPS) is 17.8. The van der Waals surface area contributed by atoms with Crippen LogP contribution in [-0.4, -0.2) is 47.8 Å². The van der Waals surface area contributed by atoms with Crippen LogP contribution in [0, 0.1) is 5.82 Å². The zero-order valence-electron chi connectivity index (χ0n) is 14.0. The second-order valence-electron chi connectivity index (χ2n) is 6.14. The van der Waals surface area contributed by atoms with E-state index in [0.717, 1.165) is 0 Å². The summed E-state index contributed by atoms with van der Waals surface area (Å²) < 4.78 is 14.1. The Morgan fingerprint density at radius 2 is 1.96 bits per heavy atom. The van der Waals surface area contributed by atoms with Crippen molar-refractivity contribution in [1.82, 2.24) is 9.80 Å². The highest BCUT2D eigenvalue weighted by atomic mass is 35.5. The number of carbonyl (C=O) groups is 2. The van der Waals surface area contributed by atoms with Gasteiger partial charge >= 0.3 is 0 Å². The molecule has 3 rings (SSSR count). The van der Waals surface area contributed by atoms with Crippen molar-refractivity contribution in [2.75, 3.05) is 20.1 Å². The molecule has 25 heavy (non-hydrogen) atoms. The van der Waals surface area contributed by atoms with Crippen LogP contribution in [0.2, 0.25) is 5.02 Å². The Kier molecular flexibility index (Phi) is 4.77. The lowest BCUT2D eigenvalue weighted by molar-refractivity contribution is -0.137. The number of amides is 2. The lowest BCUT2D eigenvalue weighted by atomic mass is 10.0. The third kappa shape index (κ3) is 3.37. The Balaban J connectivity index is 1.91. The van der Waals surface area contributed by atoms with Crippen LogP contribution in [-0.2, 0) is 4.79 Å². The molecule has 130 valence electrons. The maximum Gasteiger partial charge on any atom is 0.254 e. The van der Waals surface area contributed by atoms with Crippen molar-refractivity contribution in [2.45, 2.75) is 13.0 Å². The molecule has 2 amide bonds. The van der Waals surface area contributed by atoms with Crippen LogP contribution in [0.5, 0.6) is 0 Å². The van der Waals surface area contributed by atoms with Crippen molar-refractivity contribution in [3.63, 3.8) is 0 Å². The Bertz CT molecular complexity index is 840. The minimum absolute atomic E-state index is 0.0838. The van der Waals surface area contributed by atoms with Crippen LogP contribution in [0.1, 0.15) is 17.3 Å². The highest BCUT2D eigenvalue weighted by Crippen LogP contribution is 2.27. The maximum atomic E-state index is 14.1. The van der Waals surface area contributed by atoms with Crippen molar-refractivity contribution < 1.29 is 14.0 Å². The first-order valence-electron chi connectivity index (χ1n) is 8.00. The molecule has 1 heterocycles. The van der Waals surface area contributed by atoms with E-state index in [0.29, 0.717) is 34.8 Å². The number of hydrogen-bond acceptors (Lipinski definition) is 2. The number of piperazine rings is 1. The van der Waals surface area contributed by atoms with Crippen LogP contribution >= 0.6 is 11.6 Å². The lowest BCUT2D eigenvalue weighted by Gasteiger charge is -2.37. The smallest absolute Gasteiger partial charge is 0.254 e. The number of halogens is 2. The summed E-state index contributed by atoms with van der Waals surface area (Å²) in [4.78, 5) is 28.1. The van der Waals surface area contributed by atoms with E-state index in [9.17, 15) is 14.0 Å². The third-order valence-corrected chi connectivity index (χ3v) is 4.73. The molecule has 1 fully saturated rings. The molecule has 0 bridgehead atoms. The quantitative estimate of drug-likeness (QED) is 0.823. The summed E-state index contributed by atoms with van der Waals surface area (Å²) in [5, 5.41) is 0.318. The summed E-state index contributed by atoms with van der Waals surface area (Å²) in [6.07, 6.45) is 0. The maximum absolute atomic E-state index is 14.1. The molecule has 6 heteroatoms. The van der Waals surface area contributed by atoms with Crippen molar-refractivity contribution in [1.29, 1.82) is 0 Å². The lowest BCUT2D eigenvalue weighted by Crippen LogP contribution is -2.56. The van der Waals surface area contributed by atoms with E-state index in [1.165, 1.54) is 6.07 Å².